The van der Waals surface area contributed by atoms with Gasteiger partial charge in [0.05, 0.1) is 6.20 Å². The zero-order valence-electron chi connectivity index (χ0n) is 15.3. The number of rotatable bonds is 3. The maximum absolute atomic E-state index is 14.0. The Balaban J connectivity index is 1.68. The second-order valence-corrected chi connectivity index (χ2v) is 6.91. The van der Waals surface area contributed by atoms with Gasteiger partial charge in [0.2, 0.25) is 0 Å². The molecule has 7 nitrogen and oxygen atoms in total. The molecule has 0 saturated carbocycles. The smallest absolute Gasteiger partial charge is 0.327 e. The Labute approximate surface area is 160 Å². The summed E-state index contributed by atoms with van der Waals surface area (Å²) in [6.45, 7) is 1.28. The number of likely N-dealkylation sites (tertiary alicyclic amines) is 1. The van der Waals surface area contributed by atoms with Gasteiger partial charge in [-0.25, -0.2) is 28.4 Å². The van der Waals surface area contributed by atoms with Crippen LogP contribution in [0.3, 0.4) is 0 Å². The van der Waals surface area contributed by atoms with E-state index in [2.05, 4.69) is 9.97 Å². The van der Waals surface area contributed by atoms with E-state index in [1.165, 1.54) is 23.2 Å². The monoisotopic (exact) mass is 387 g/mol. The summed E-state index contributed by atoms with van der Waals surface area (Å²) in [5.41, 5.74) is 0.796. The van der Waals surface area contributed by atoms with E-state index in [-0.39, 0.29) is 23.8 Å². The van der Waals surface area contributed by atoms with Crippen molar-refractivity contribution in [2.45, 2.75) is 25.4 Å². The van der Waals surface area contributed by atoms with Gasteiger partial charge in [-0.15, -0.1) is 0 Å². The third kappa shape index (κ3) is 3.06. The van der Waals surface area contributed by atoms with E-state index >= 15 is 0 Å². The Bertz CT molecular complexity index is 933. The van der Waals surface area contributed by atoms with Crippen molar-refractivity contribution in [2.24, 2.45) is 0 Å². The van der Waals surface area contributed by atoms with Crippen molar-refractivity contribution >= 4 is 23.8 Å². The standard InChI is InChI=1S/C19H19F2N5O2/c1-24-15-10-22-16(8-12-4-5-13(20)9-14(12)21)23-18(15)26(17(24)11-27)19(28)25-6-2-3-7-25/h4-5,9-11,17H,2-3,6-8H2,1H3. The van der Waals surface area contributed by atoms with Gasteiger partial charge in [0.25, 0.3) is 0 Å². The highest BCUT2D eigenvalue weighted by atomic mass is 19.1. The molecule has 0 bridgehead atoms. The molecule has 1 aromatic carbocycles. The molecule has 3 heterocycles. The summed E-state index contributed by atoms with van der Waals surface area (Å²) in [7, 11) is 1.69. The predicted molar refractivity (Wildman–Crippen MR) is 98.1 cm³/mol. The Morgan fingerprint density at radius 2 is 2.04 bits per heavy atom. The van der Waals surface area contributed by atoms with E-state index in [1.54, 1.807) is 16.8 Å². The van der Waals surface area contributed by atoms with Crippen LogP contribution >= 0.6 is 0 Å². The van der Waals surface area contributed by atoms with Crippen LogP contribution in [-0.4, -0.2) is 53.5 Å². The van der Waals surface area contributed by atoms with Crippen LogP contribution in [0.4, 0.5) is 25.1 Å². The first-order valence-electron chi connectivity index (χ1n) is 9.05. The molecule has 28 heavy (non-hydrogen) atoms. The average molecular weight is 387 g/mol. The zero-order chi connectivity index (χ0) is 19.8. The number of urea groups is 1. The zero-order valence-corrected chi connectivity index (χ0v) is 15.3. The van der Waals surface area contributed by atoms with E-state index in [0.717, 1.165) is 18.9 Å². The molecule has 1 atom stereocenters. The third-order valence-electron chi connectivity index (χ3n) is 5.14. The van der Waals surface area contributed by atoms with E-state index in [0.29, 0.717) is 30.9 Å². The number of likely N-dealkylation sites (N-methyl/N-ethyl adjacent to an activating group) is 1. The summed E-state index contributed by atoms with van der Waals surface area (Å²) in [5, 5.41) is 0. The number of anilines is 2. The molecule has 9 heteroatoms. The molecule has 0 N–H and O–H groups in total. The van der Waals surface area contributed by atoms with Crippen molar-refractivity contribution in [1.29, 1.82) is 0 Å². The second kappa shape index (κ2) is 7.14. The van der Waals surface area contributed by atoms with E-state index in [9.17, 15) is 18.4 Å². The summed E-state index contributed by atoms with van der Waals surface area (Å²) in [6, 6.07) is 3.04. The predicted octanol–water partition coefficient (Wildman–Crippen LogP) is 2.34. The number of carbonyl (C=O) groups is 2. The normalized spacial score (nSPS) is 18.5. The highest BCUT2D eigenvalue weighted by molar-refractivity contribution is 6.02. The van der Waals surface area contributed by atoms with Crippen LogP contribution < -0.4 is 9.80 Å². The molecular formula is C19H19F2N5O2. The van der Waals surface area contributed by atoms with Crippen LogP contribution in [0.1, 0.15) is 24.2 Å². The van der Waals surface area contributed by atoms with Gasteiger partial charge in [0, 0.05) is 32.6 Å². The van der Waals surface area contributed by atoms with Gasteiger partial charge < -0.3 is 9.80 Å². The van der Waals surface area contributed by atoms with Crippen molar-refractivity contribution in [3.8, 4) is 0 Å². The SMILES string of the molecule is CN1c2cnc(Cc3ccc(F)cc3F)nc2N(C(=O)N2CCCC2)C1C=O. The molecule has 1 aromatic heterocycles. The summed E-state index contributed by atoms with van der Waals surface area (Å²) < 4.78 is 27.1. The van der Waals surface area contributed by atoms with Crippen LogP contribution in [0.15, 0.2) is 24.4 Å². The minimum atomic E-state index is -0.810. The molecule has 2 aliphatic rings. The first-order valence-corrected chi connectivity index (χ1v) is 9.05. The van der Waals surface area contributed by atoms with Crippen molar-refractivity contribution in [3.05, 3.63) is 47.4 Å². The highest BCUT2D eigenvalue weighted by Crippen LogP contribution is 2.37. The lowest BCUT2D eigenvalue weighted by Gasteiger charge is -2.28. The van der Waals surface area contributed by atoms with Crippen LogP contribution in [0.2, 0.25) is 0 Å². The maximum atomic E-state index is 14.0. The van der Waals surface area contributed by atoms with Gasteiger partial charge in [0.15, 0.2) is 18.3 Å². The van der Waals surface area contributed by atoms with Crippen molar-refractivity contribution < 1.29 is 18.4 Å². The highest BCUT2D eigenvalue weighted by Gasteiger charge is 2.41. The molecule has 4 rings (SSSR count). The fourth-order valence-corrected chi connectivity index (χ4v) is 3.61. The van der Waals surface area contributed by atoms with E-state index < -0.39 is 17.8 Å². The molecule has 2 amide bonds. The largest absolute Gasteiger partial charge is 0.344 e. The minimum Gasteiger partial charge on any atom is -0.344 e. The van der Waals surface area contributed by atoms with E-state index in [1.807, 2.05) is 0 Å². The lowest BCUT2D eigenvalue weighted by atomic mass is 10.1. The first-order chi connectivity index (χ1) is 13.5. The van der Waals surface area contributed by atoms with Crippen LogP contribution in [0.5, 0.6) is 0 Å². The molecule has 1 unspecified atom stereocenters. The number of hydrogen-bond acceptors (Lipinski definition) is 5. The lowest BCUT2D eigenvalue weighted by molar-refractivity contribution is -0.108. The summed E-state index contributed by atoms with van der Waals surface area (Å²) >= 11 is 0. The topological polar surface area (TPSA) is 69.6 Å². The fraction of sp³-hybridized carbons (Fsp3) is 0.368. The number of nitrogens with zero attached hydrogens (tertiary/aromatic N) is 5. The minimum absolute atomic E-state index is 0.0423. The number of fused-ring (bicyclic) bond motifs is 1. The summed E-state index contributed by atoms with van der Waals surface area (Å²) in [4.78, 5) is 38.0. The number of aldehydes is 1. The Morgan fingerprint density at radius 3 is 2.71 bits per heavy atom. The number of carbonyl (C=O) groups excluding carboxylic acids is 2. The summed E-state index contributed by atoms with van der Waals surface area (Å²) in [5.74, 6) is -0.738. The number of halogens is 2. The molecule has 1 fully saturated rings. The van der Waals surface area contributed by atoms with E-state index in [4.69, 9.17) is 0 Å². The third-order valence-corrected chi connectivity index (χ3v) is 5.14. The molecule has 0 aliphatic carbocycles. The molecule has 146 valence electrons. The van der Waals surface area contributed by atoms with Crippen molar-refractivity contribution in [1.82, 2.24) is 14.9 Å². The van der Waals surface area contributed by atoms with Gasteiger partial charge in [0.1, 0.15) is 23.1 Å². The first kappa shape index (κ1) is 18.3. The number of hydrogen-bond donors (Lipinski definition) is 0. The molecule has 1 saturated heterocycles. The molecular weight excluding hydrogens is 368 g/mol. The Kier molecular flexibility index (Phi) is 4.66. The quantitative estimate of drug-likeness (QED) is 0.757. The number of aromatic nitrogens is 2. The number of amides is 2. The fourth-order valence-electron chi connectivity index (χ4n) is 3.61. The van der Waals surface area contributed by atoms with Crippen molar-refractivity contribution in [3.63, 3.8) is 0 Å². The van der Waals surface area contributed by atoms with Gasteiger partial charge in [-0.2, -0.15) is 0 Å². The van der Waals surface area contributed by atoms with Gasteiger partial charge in [-0.05, 0) is 24.5 Å². The molecule has 2 aliphatic heterocycles. The number of benzene rings is 1. The van der Waals surface area contributed by atoms with Gasteiger partial charge >= 0.3 is 6.03 Å². The van der Waals surface area contributed by atoms with Gasteiger partial charge in [-0.3, -0.25) is 4.79 Å². The van der Waals surface area contributed by atoms with Crippen molar-refractivity contribution in [2.75, 3.05) is 29.9 Å². The Morgan fingerprint density at radius 1 is 1.29 bits per heavy atom. The van der Waals surface area contributed by atoms with Crippen LogP contribution in [0.25, 0.3) is 0 Å². The summed E-state index contributed by atoms with van der Waals surface area (Å²) in [6.07, 6.45) is 3.29. The Hall–Kier alpha value is -3.10. The maximum Gasteiger partial charge on any atom is 0.327 e. The molecule has 0 radical (unpaired) electrons. The molecule has 0 spiro atoms. The second-order valence-electron chi connectivity index (χ2n) is 6.91. The van der Waals surface area contributed by atoms with Crippen LogP contribution in [-0.2, 0) is 11.2 Å². The lowest BCUT2D eigenvalue weighted by Crippen LogP contribution is -2.51. The van der Waals surface area contributed by atoms with Gasteiger partial charge in [-0.1, -0.05) is 6.07 Å². The van der Waals surface area contributed by atoms with Crippen LogP contribution in [0, 0.1) is 11.6 Å². The molecule has 2 aromatic rings. The average Bonchev–Trinajstić information content (AvgIpc) is 3.30.